The average Bonchev–Trinajstić information content (AvgIpc) is 4.14. The Labute approximate surface area is 430 Å². The number of allylic oxidation sites excluding steroid dienone is 4. The van der Waals surface area contributed by atoms with Gasteiger partial charge in [0, 0.05) is 95.3 Å². The van der Waals surface area contributed by atoms with Crippen LogP contribution in [0.3, 0.4) is 0 Å². The second-order valence-corrected chi connectivity index (χ2v) is 19.3. The van der Waals surface area contributed by atoms with E-state index in [-0.39, 0.29) is 12.0 Å². The highest BCUT2D eigenvalue weighted by atomic mass is 32.1. The van der Waals surface area contributed by atoms with Gasteiger partial charge in [0.1, 0.15) is 11.2 Å². The molecule has 2 unspecified atom stereocenters. The molecule has 4 heterocycles. The molecular weight excluding hydrogens is 911 g/mol. The molecule has 7 heteroatoms. The van der Waals surface area contributed by atoms with E-state index >= 15 is 0 Å². The molecule has 0 amide bonds. The maximum atomic E-state index is 6.48. The summed E-state index contributed by atoms with van der Waals surface area (Å²) in [6.07, 6.45) is 18.2. The first-order valence-electron chi connectivity index (χ1n) is 24.8. The molecule has 0 bridgehead atoms. The van der Waals surface area contributed by atoms with Crippen LogP contribution in [0.5, 0.6) is 0 Å². The Hall–Kier alpha value is -8.62. The van der Waals surface area contributed by atoms with Crippen molar-refractivity contribution in [3.8, 4) is 16.8 Å². The van der Waals surface area contributed by atoms with Gasteiger partial charge in [-0.3, -0.25) is 4.99 Å². The second-order valence-electron chi connectivity index (χ2n) is 18.2. The number of nitrogens with one attached hydrogen (secondary N) is 1. The van der Waals surface area contributed by atoms with Gasteiger partial charge in [0.25, 0.3) is 0 Å². The van der Waals surface area contributed by atoms with Gasteiger partial charge in [0.2, 0.25) is 0 Å². The van der Waals surface area contributed by atoms with E-state index in [2.05, 4.69) is 218 Å². The summed E-state index contributed by atoms with van der Waals surface area (Å²) in [5.41, 5.74) is 21.6. The number of nitrogens with zero attached hydrogens (tertiary/aromatic N) is 3. The van der Waals surface area contributed by atoms with Crippen molar-refractivity contribution in [1.82, 2.24) is 4.57 Å². The molecule has 6 nitrogen and oxygen atoms in total. The van der Waals surface area contributed by atoms with Gasteiger partial charge in [-0.25, -0.2) is 0 Å². The van der Waals surface area contributed by atoms with Crippen LogP contribution >= 0.6 is 11.3 Å². The average molecular weight is 966 g/mol. The highest BCUT2D eigenvalue weighted by molar-refractivity contribution is 7.26. The number of furan rings is 1. The van der Waals surface area contributed by atoms with Crippen LogP contribution in [0.2, 0.25) is 0 Å². The van der Waals surface area contributed by atoms with E-state index in [1.165, 1.54) is 76.0 Å². The van der Waals surface area contributed by atoms with Crippen molar-refractivity contribution in [2.45, 2.75) is 38.4 Å². The van der Waals surface area contributed by atoms with Gasteiger partial charge in [-0.2, -0.15) is 0 Å². The van der Waals surface area contributed by atoms with E-state index in [1.807, 2.05) is 47.9 Å². The van der Waals surface area contributed by atoms with Crippen LogP contribution in [0, 0.1) is 5.41 Å². The number of thiophene rings is 1. The van der Waals surface area contributed by atoms with Crippen LogP contribution in [0.25, 0.3) is 75.9 Å². The van der Waals surface area contributed by atoms with Gasteiger partial charge in [0.05, 0.1) is 18.1 Å². The van der Waals surface area contributed by atoms with E-state index in [0.717, 1.165) is 45.2 Å². The number of aliphatic imine (C=N–C) groups is 1. The molecule has 8 aromatic carbocycles. The molecule has 13 rings (SSSR count). The van der Waals surface area contributed by atoms with Gasteiger partial charge in [-0.15, -0.1) is 17.9 Å². The third kappa shape index (κ3) is 8.63. The van der Waals surface area contributed by atoms with E-state index in [9.17, 15) is 0 Å². The molecule has 2 aliphatic rings. The van der Waals surface area contributed by atoms with Crippen molar-refractivity contribution in [2.75, 3.05) is 4.90 Å². The lowest BCUT2D eigenvalue weighted by molar-refractivity contribution is 0.669. The topological polar surface area (TPSA) is 83.5 Å². The van der Waals surface area contributed by atoms with Crippen molar-refractivity contribution in [3.05, 3.63) is 252 Å². The Morgan fingerprint density at radius 3 is 2.37 bits per heavy atom. The van der Waals surface area contributed by atoms with Crippen LogP contribution in [0.1, 0.15) is 46.4 Å². The summed E-state index contributed by atoms with van der Waals surface area (Å²) in [4.78, 5) is 7.48. The highest BCUT2D eigenvalue weighted by Crippen LogP contribution is 2.47. The van der Waals surface area contributed by atoms with Crippen LogP contribution < -0.4 is 10.6 Å². The molecule has 0 fully saturated rings. The van der Waals surface area contributed by atoms with Crippen molar-refractivity contribution >= 4 is 94.7 Å². The number of hydrogen-bond donors (Lipinski definition) is 2. The number of benzene rings is 8. The Morgan fingerprint density at radius 1 is 0.712 bits per heavy atom. The first-order chi connectivity index (χ1) is 36.1. The maximum absolute atomic E-state index is 6.48. The number of aromatic nitrogens is 1. The summed E-state index contributed by atoms with van der Waals surface area (Å²) in [6, 6.07) is 63.0. The Bertz CT molecular complexity index is 3960. The lowest BCUT2D eigenvalue weighted by Gasteiger charge is -2.28. The number of nitrogens with two attached hydrogens (primary N) is 1. The van der Waals surface area contributed by atoms with Crippen molar-refractivity contribution in [2.24, 2.45) is 10.7 Å². The summed E-state index contributed by atoms with van der Waals surface area (Å²) in [5, 5.41) is 11.5. The first-order valence-corrected chi connectivity index (χ1v) is 25.6. The lowest BCUT2D eigenvalue weighted by atomic mass is 9.95. The van der Waals surface area contributed by atoms with Crippen molar-refractivity contribution in [1.29, 1.82) is 5.41 Å². The molecule has 11 aromatic rings. The van der Waals surface area contributed by atoms with E-state index in [0.29, 0.717) is 13.1 Å². The van der Waals surface area contributed by atoms with Crippen molar-refractivity contribution in [3.63, 3.8) is 0 Å². The maximum Gasteiger partial charge on any atom is 0.136 e. The number of rotatable bonds is 9. The highest BCUT2D eigenvalue weighted by Gasteiger charge is 2.35. The minimum atomic E-state index is 0.168. The number of para-hydroxylation sites is 2. The standard InChI is InChI=1S/C58H43N3OS.C7H9N.CH3N/c1-3-15-49-42(4-2)44-20-8-10-24-50(44)60(49)40-18-12-16-37(32-40)35-59-36-39-17-13-26-54-57(39)48-33-38(28-31-53(48)62-54)43-22-14-27-55-58(43)47-30-29-41(34-56(47)63-55)61-51-23-7-5-6-19-45(51)46-21-9-11-25-52(46)61;8-6-7-4-2-1-3-5-7;1-2/h3-22,24-34,36,42,49H,2,23,35H2,1H3;1-5H,6,8H2;2H,1H2/b15-3-,59-36?;;. The zero-order valence-corrected chi connectivity index (χ0v) is 41.6. The summed E-state index contributed by atoms with van der Waals surface area (Å²) in [6.45, 7) is 10.00. The third-order valence-electron chi connectivity index (χ3n) is 14.1. The van der Waals surface area contributed by atoms with Crippen molar-refractivity contribution < 1.29 is 4.42 Å². The summed E-state index contributed by atoms with van der Waals surface area (Å²) in [7, 11) is 0. The van der Waals surface area contributed by atoms with Gasteiger partial charge in [-0.05, 0) is 102 Å². The molecule has 356 valence electrons. The van der Waals surface area contributed by atoms with Crippen LogP contribution in [-0.2, 0) is 19.5 Å². The number of hydrogen-bond acceptors (Lipinski definition) is 6. The van der Waals surface area contributed by atoms with Gasteiger partial charge >= 0.3 is 0 Å². The van der Waals surface area contributed by atoms with Gasteiger partial charge in [0.15, 0.2) is 0 Å². The quantitative estimate of drug-likeness (QED) is 0.112. The number of fused-ring (bicyclic) bond motifs is 10. The first kappa shape index (κ1) is 46.7. The molecule has 0 saturated heterocycles. The zero-order valence-electron chi connectivity index (χ0n) is 40.8. The normalized spacial score (nSPS) is 15.0. The summed E-state index contributed by atoms with van der Waals surface area (Å²) in [5.74, 6) is 0.221. The van der Waals surface area contributed by atoms with E-state index in [1.54, 1.807) is 0 Å². The van der Waals surface area contributed by atoms with Crippen LogP contribution in [0.4, 0.5) is 11.4 Å². The Balaban J connectivity index is 0.000000521. The molecule has 73 heavy (non-hydrogen) atoms. The summed E-state index contributed by atoms with van der Waals surface area (Å²) >= 11 is 1.87. The van der Waals surface area contributed by atoms with E-state index < -0.39 is 0 Å². The Morgan fingerprint density at radius 2 is 1.52 bits per heavy atom. The SMILES string of the molecule is C=CC1c2ccccc2N(c2cccc(CN=Cc3cccc4oc5ccc(-c6cccc7sc8cc(-n9c%10c(c%11ccccc%119)C=CC=CC%10)ccc8c67)cc5c34)c2)C1/C=C\C.C=N.NCc1ccccc1. The smallest absolute Gasteiger partial charge is 0.136 e. The van der Waals surface area contributed by atoms with Crippen LogP contribution in [0.15, 0.2) is 228 Å². The lowest BCUT2D eigenvalue weighted by Crippen LogP contribution is -2.27. The fourth-order valence-corrected chi connectivity index (χ4v) is 12.0. The Kier molecular flexibility index (Phi) is 13.2. The fourth-order valence-electron chi connectivity index (χ4n) is 10.9. The molecule has 2 atom stereocenters. The monoisotopic (exact) mass is 965 g/mol. The molecule has 3 N–H and O–H groups in total. The van der Waals surface area contributed by atoms with Gasteiger partial charge in [-0.1, -0.05) is 158 Å². The molecular formula is C66H55N5OS. The largest absolute Gasteiger partial charge is 0.456 e. The predicted molar refractivity (Wildman–Crippen MR) is 313 cm³/mol. The predicted octanol–water partition coefficient (Wildman–Crippen LogP) is 17.1. The van der Waals surface area contributed by atoms with E-state index in [4.69, 9.17) is 20.6 Å². The molecule has 3 aromatic heterocycles. The molecule has 1 aliphatic carbocycles. The third-order valence-corrected chi connectivity index (χ3v) is 15.2. The minimum Gasteiger partial charge on any atom is -0.456 e. The zero-order chi connectivity index (χ0) is 49.8. The molecule has 0 spiro atoms. The molecule has 0 radical (unpaired) electrons. The molecule has 0 saturated carbocycles. The number of anilines is 2. The molecule has 1 aliphatic heterocycles. The summed E-state index contributed by atoms with van der Waals surface area (Å²) < 4.78 is 11.5. The van der Waals surface area contributed by atoms with Gasteiger partial charge < -0.3 is 25.0 Å². The second kappa shape index (κ2) is 20.6. The fraction of sp³-hybridized carbons (Fsp3) is 0.0909. The minimum absolute atomic E-state index is 0.168. The van der Waals surface area contributed by atoms with Crippen LogP contribution in [-0.4, -0.2) is 23.5 Å².